The number of carbonyl (C=O) groups is 1. The number of ether oxygens (including phenoxy) is 2. The highest BCUT2D eigenvalue weighted by molar-refractivity contribution is 5.93. The first-order valence-electron chi connectivity index (χ1n) is 8.79. The highest BCUT2D eigenvalue weighted by Gasteiger charge is 2.53. The number of hydrogen-bond donors (Lipinski definition) is 1. The lowest BCUT2D eigenvalue weighted by atomic mass is 9.79. The molecule has 6 nitrogen and oxygen atoms in total. The van der Waals surface area contributed by atoms with Gasteiger partial charge in [-0.05, 0) is 37.5 Å². The molecule has 1 saturated carbocycles. The Bertz CT molecular complexity index is 719. The molecule has 25 heavy (non-hydrogen) atoms. The van der Waals surface area contributed by atoms with Crippen molar-refractivity contribution in [2.24, 2.45) is 0 Å². The van der Waals surface area contributed by atoms with Gasteiger partial charge in [-0.3, -0.25) is 4.79 Å². The van der Waals surface area contributed by atoms with E-state index in [4.69, 9.17) is 9.47 Å². The molecule has 2 aromatic rings. The first-order chi connectivity index (χ1) is 12.2. The van der Waals surface area contributed by atoms with Crippen LogP contribution in [0, 0.1) is 0 Å². The second-order valence-corrected chi connectivity index (χ2v) is 6.80. The maximum Gasteiger partial charge on any atom is 0.270 e. The summed E-state index contributed by atoms with van der Waals surface area (Å²) in [5.74, 6) is 0.671. The standard InChI is InChI=1S/C19H23N3O3/c1-24-19-8-7-14(25-17-6-2-3-10-21-17)13-16(19)22(12-9-19)18(23)15-5-4-11-20-15/h2-6,10-11,14,16,20H,7-9,12-13H2,1H3/t14?,16?,19-/m1/s1. The van der Waals surface area contributed by atoms with E-state index in [-0.39, 0.29) is 23.7 Å². The molecule has 3 atom stereocenters. The molecule has 2 fully saturated rings. The lowest BCUT2D eigenvalue weighted by Crippen LogP contribution is -2.53. The van der Waals surface area contributed by atoms with Crippen LogP contribution in [0.15, 0.2) is 42.7 Å². The summed E-state index contributed by atoms with van der Waals surface area (Å²) in [5.41, 5.74) is 0.367. The molecule has 1 N–H and O–H groups in total. The van der Waals surface area contributed by atoms with Crippen molar-refractivity contribution in [2.75, 3.05) is 13.7 Å². The smallest absolute Gasteiger partial charge is 0.270 e. The number of fused-ring (bicyclic) bond motifs is 1. The number of rotatable bonds is 4. The van der Waals surface area contributed by atoms with Gasteiger partial charge in [0.05, 0.1) is 11.6 Å². The molecule has 132 valence electrons. The summed E-state index contributed by atoms with van der Waals surface area (Å²) in [6.07, 6.45) is 6.98. The average Bonchev–Trinajstić information content (AvgIpc) is 3.30. The number of aromatic nitrogens is 2. The Labute approximate surface area is 147 Å². The van der Waals surface area contributed by atoms with Gasteiger partial charge in [-0.15, -0.1) is 0 Å². The third-order valence-corrected chi connectivity index (χ3v) is 5.56. The first kappa shape index (κ1) is 16.1. The second-order valence-electron chi connectivity index (χ2n) is 6.80. The summed E-state index contributed by atoms with van der Waals surface area (Å²) >= 11 is 0. The van der Waals surface area contributed by atoms with Gasteiger partial charge in [0.2, 0.25) is 5.88 Å². The molecular formula is C19H23N3O3. The van der Waals surface area contributed by atoms with Crippen molar-refractivity contribution in [3.63, 3.8) is 0 Å². The van der Waals surface area contributed by atoms with Crippen LogP contribution in [0.1, 0.15) is 36.2 Å². The molecule has 0 aromatic carbocycles. The average molecular weight is 341 g/mol. The highest BCUT2D eigenvalue weighted by Crippen LogP contribution is 2.43. The predicted molar refractivity (Wildman–Crippen MR) is 92.5 cm³/mol. The second kappa shape index (κ2) is 6.52. The molecular weight excluding hydrogens is 318 g/mol. The molecule has 4 rings (SSSR count). The van der Waals surface area contributed by atoms with E-state index in [9.17, 15) is 4.79 Å². The molecule has 1 aliphatic carbocycles. The van der Waals surface area contributed by atoms with Crippen molar-refractivity contribution in [1.82, 2.24) is 14.9 Å². The lowest BCUT2D eigenvalue weighted by molar-refractivity contribution is -0.0788. The SMILES string of the molecule is CO[C@@]12CCC(Oc3ccccn3)CC1N(C(=O)c1ccc[nH]1)CC2. The van der Waals surface area contributed by atoms with Crippen molar-refractivity contribution >= 4 is 5.91 Å². The Kier molecular flexibility index (Phi) is 4.21. The van der Waals surface area contributed by atoms with E-state index < -0.39 is 0 Å². The van der Waals surface area contributed by atoms with Gasteiger partial charge < -0.3 is 19.4 Å². The van der Waals surface area contributed by atoms with Gasteiger partial charge in [0.15, 0.2) is 0 Å². The van der Waals surface area contributed by atoms with E-state index >= 15 is 0 Å². The summed E-state index contributed by atoms with van der Waals surface area (Å²) in [5, 5.41) is 0. The van der Waals surface area contributed by atoms with Crippen LogP contribution >= 0.6 is 0 Å². The zero-order chi connectivity index (χ0) is 17.3. The van der Waals surface area contributed by atoms with E-state index in [2.05, 4.69) is 9.97 Å². The first-order valence-corrected chi connectivity index (χ1v) is 8.79. The summed E-state index contributed by atoms with van der Waals surface area (Å²) < 4.78 is 12.0. The van der Waals surface area contributed by atoms with Gasteiger partial charge in [0, 0.05) is 38.5 Å². The topological polar surface area (TPSA) is 67.5 Å². The third kappa shape index (κ3) is 2.91. The van der Waals surface area contributed by atoms with Crippen LogP contribution in [0.5, 0.6) is 5.88 Å². The minimum absolute atomic E-state index is 0.0239. The molecule has 2 unspecified atom stereocenters. The van der Waals surface area contributed by atoms with Crippen LogP contribution in [-0.4, -0.2) is 52.2 Å². The number of methoxy groups -OCH3 is 1. The Hall–Kier alpha value is -2.34. The normalized spacial score (nSPS) is 28.6. The number of hydrogen-bond acceptors (Lipinski definition) is 4. The van der Waals surface area contributed by atoms with E-state index in [1.165, 1.54) is 0 Å². The third-order valence-electron chi connectivity index (χ3n) is 5.56. The molecule has 1 amide bonds. The van der Waals surface area contributed by atoms with E-state index in [1.54, 1.807) is 19.5 Å². The minimum Gasteiger partial charge on any atom is -0.474 e. The van der Waals surface area contributed by atoms with Gasteiger partial charge in [0.1, 0.15) is 11.8 Å². The fourth-order valence-corrected chi connectivity index (χ4v) is 4.22. The van der Waals surface area contributed by atoms with Gasteiger partial charge in [-0.1, -0.05) is 6.07 Å². The molecule has 0 radical (unpaired) electrons. The van der Waals surface area contributed by atoms with E-state index in [1.807, 2.05) is 35.2 Å². The molecule has 0 bridgehead atoms. The Balaban J connectivity index is 1.53. The number of pyridine rings is 1. The molecule has 1 aliphatic heterocycles. The Morgan fingerprint density at radius 3 is 2.96 bits per heavy atom. The Morgan fingerprint density at radius 1 is 1.32 bits per heavy atom. The van der Waals surface area contributed by atoms with Gasteiger partial charge in [0.25, 0.3) is 5.91 Å². The van der Waals surface area contributed by atoms with Crippen LogP contribution in [0.25, 0.3) is 0 Å². The van der Waals surface area contributed by atoms with Crippen molar-refractivity contribution < 1.29 is 14.3 Å². The quantitative estimate of drug-likeness (QED) is 0.928. The molecule has 1 saturated heterocycles. The Morgan fingerprint density at radius 2 is 2.24 bits per heavy atom. The van der Waals surface area contributed by atoms with Crippen molar-refractivity contribution in [3.8, 4) is 5.88 Å². The lowest BCUT2D eigenvalue weighted by Gasteiger charge is -2.43. The molecule has 6 heteroatoms. The molecule has 0 spiro atoms. The van der Waals surface area contributed by atoms with Crippen molar-refractivity contribution in [1.29, 1.82) is 0 Å². The number of nitrogens with zero attached hydrogens (tertiary/aromatic N) is 2. The van der Waals surface area contributed by atoms with Gasteiger partial charge in [-0.2, -0.15) is 0 Å². The monoisotopic (exact) mass is 341 g/mol. The fraction of sp³-hybridized carbons (Fsp3) is 0.474. The molecule has 2 aliphatic rings. The van der Waals surface area contributed by atoms with Crippen LogP contribution < -0.4 is 4.74 Å². The summed E-state index contributed by atoms with van der Waals surface area (Å²) in [7, 11) is 1.76. The van der Waals surface area contributed by atoms with Crippen molar-refractivity contribution in [2.45, 2.75) is 43.4 Å². The summed E-state index contributed by atoms with van der Waals surface area (Å²) in [4.78, 5) is 22.1. The highest BCUT2D eigenvalue weighted by atomic mass is 16.5. The van der Waals surface area contributed by atoms with Crippen LogP contribution in [0.3, 0.4) is 0 Å². The maximum atomic E-state index is 12.9. The number of carbonyl (C=O) groups excluding carboxylic acids is 1. The summed E-state index contributed by atoms with van der Waals surface area (Å²) in [6, 6.07) is 9.35. The summed E-state index contributed by atoms with van der Waals surface area (Å²) in [6.45, 7) is 0.715. The van der Waals surface area contributed by atoms with Crippen LogP contribution in [0.4, 0.5) is 0 Å². The van der Waals surface area contributed by atoms with Crippen molar-refractivity contribution in [3.05, 3.63) is 48.4 Å². The van der Waals surface area contributed by atoms with Crippen LogP contribution in [0.2, 0.25) is 0 Å². The zero-order valence-electron chi connectivity index (χ0n) is 14.4. The maximum absolute atomic E-state index is 12.9. The van der Waals surface area contributed by atoms with E-state index in [0.717, 1.165) is 25.7 Å². The fourth-order valence-electron chi connectivity index (χ4n) is 4.22. The minimum atomic E-state index is -0.258. The molecule has 3 heterocycles. The number of nitrogens with one attached hydrogen (secondary N) is 1. The number of H-pyrrole nitrogens is 1. The number of aromatic amines is 1. The predicted octanol–water partition coefficient (Wildman–Crippen LogP) is 2.64. The van der Waals surface area contributed by atoms with Crippen LogP contribution in [-0.2, 0) is 4.74 Å². The largest absolute Gasteiger partial charge is 0.474 e. The van der Waals surface area contributed by atoms with E-state index in [0.29, 0.717) is 18.1 Å². The molecule has 2 aromatic heterocycles. The van der Waals surface area contributed by atoms with Gasteiger partial charge in [-0.25, -0.2) is 4.98 Å². The zero-order valence-corrected chi connectivity index (χ0v) is 14.4. The number of amides is 1. The number of likely N-dealkylation sites (tertiary alicyclic amines) is 1. The van der Waals surface area contributed by atoms with Gasteiger partial charge >= 0.3 is 0 Å².